The monoisotopic (exact) mass is 316 g/mol. The van der Waals surface area contributed by atoms with Gasteiger partial charge in [0.15, 0.2) is 17.5 Å². The van der Waals surface area contributed by atoms with Crippen LogP contribution in [0.2, 0.25) is 0 Å². The highest BCUT2D eigenvalue weighted by molar-refractivity contribution is 5.79. The number of para-hydroxylation sites is 1. The molecule has 0 atom stereocenters. The van der Waals surface area contributed by atoms with Crippen LogP contribution >= 0.6 is 0 Å². The number of methoxy groups -OCH3 is 2. The van der Waals surface area contributed by atoms with Gasteiger partial charge < -0.3 is 24.7 Å². The van der Waals surface area contributed by atoms with Gasteiger partial charge in [-0.2, -0.15) is 0 Å². The number of hydrogen-bond acceptors (Lipinski definition) is 3. The van der Waals surface area contributed by atoms with Gasteiger partial charge in [-0.05, 0) is 18.2 Å². The quantitative estimate of drug-likeness (QED) is 0.605. The second kappa shape index (κ2) is 8.73. The summed E-state index contributed by atoms with van der Waals surface area (Å²) in [5.74, 6) is 2.22. The van der Waals surface area contributed by atoms with Gasteiger partial charge >= 0.3 is 0 Å². The lowest BCUT2D eigenvalue weighted by Gasteiger charge is -2.15. The Morgan fingerprint density at radius 2 is 1.87 bits per heavy atom. The Balaban J connectivity index is 1.88. The van der Waals surface area contributed by atoms with E-state index in [1.54, 1.807) is 21.3 Å². The van der Waals surface area contributed by atoms with E-state index in [0.29, 0.717) is 6.54 Å². The lowest BCUT2D eigenvalue weighted by atomic mass is 10.2. The van der Waals surface area contributed by atoms with E-state index in [-0.39, 0.29) is 0 Å². The number of benzene rings is 1. The zero-order valence-electron chi connectivity index (χ0n) is 13.9. The molecule has 2 aromatic rings. The summed E-state index contributed by atoms with van der Waals surface area (Å²) < 4.78 is 12.9. The van der Waals surface area contributed by atoms with Gasteiger partial charge in [-0.1, -0.05) is 12.1 Å². The van der Waals surface area contributed by atoms with Gasteiger partial charge in [0.25, 0.3) is 0 Å². The number of aliphatic imine (C=N–C) groups is 1. The Hall–Kier alpha value is -2.63. The first-order valence-electron chi connectivity index (χ1n) is 7.53. The van der Waals surface area contributed by atoms with Crippen molar-refractivity contribution in [2.75, 3.05) is 27.8 Å². The normalized spacial score (nSPS) is 11.2. The van der Waals surface area contributed by atoms with Crippen molar-refractivity contribution in [3.63, 3.8) is 0 Å². The van der Waals surface area contributed by atoms with Crippen molar-refractivity contribution >= 4 is 5.96 Å². The summed E-state index contributed by atoms with van der Waals surface area (Å²) in [5, 5.41) is 6.58. The fraction of sp³-hybridized carbons (Fsp3) is 0.353. The SMILES string of the molecule is CN=C(NCCn1cccc1)NCc1cccc(OC)c1OC. The van der Waals surface area contributed by atoms with Gasteiger partial charge in [-0.25, -0.2) is 0 Å². The molecule has 23 heavy (non-hydrogen) atoms. The maximum atomic E-state index is 5.43. The van der Waals surface area contributed by atoms with Crippen molar-refractivity contribution in [2.24, 2.45) is 4.99 Å². The molecule has 1 heterocycles. The standard InChI is InChI=1S/C17H24N4O2/c1-18-17(19-9-12-21-10-4-5-11-21)20-13-14-7-6-8-15(22-2)16(14)23-3/h4-8,10-11H,9,12-13H2,1-3H3,(H2,18,19,20). The Kier molecular flexibility index (Phi) is 6.35. The summed E-state index contributed by atoms with van der Waals surface area (Å²) in [5.41, 5.74) is 1.01. The number of hydrogen-bond donors (Lipinski definition) is 2. The third-order valence-electron chi connectivity index (χ3n) is 3.48. The average Bonchev–Trinajstić information content (AvgIpc) is 3.10. The summed E-state index contributed by atoms with van der Waals surface area (Å²) in [4.78, 5) is 4.23. The molecule has 0 aliphatic carbocycles. The fourth-order valence-corrected chi connectivity index (χ4v) is 2.32. The van der Waals surface area contributed by atoms with E-state index in [1.807, 2.05) is 42.7 Å². The van der Waals surface area contributed by atoms with Crippen LogP contribution in [0, 0.1) is 0 Å². The lowest BCUT2D eigenvalue weighted by Crippen LogP contribution is -2.38. The van der Waals surface area contributed by atoms with Crippen LogP contribution in [-0.4, -0.2) is 38.3 Å². The summed E-state index contributed by atoms with van der Waals surface area (Å²) in [6.07, 6.45) is 4.08. The predicted molar refractivity (Wildman–Crippen MR) is 92.2 cm³/mol. The first kappa shape index (κ1) is 16.7. The van der Waals surface area contributed by atoms with Crippen molar-refractivity contribution in [3.05, 3.63) is 48.3 Å². The topological polar surface area (TPSA) is 59.8 Å². The molecule has 2 rings (SSSR count). The van der Waals surface area contributed by atoms with Gasteiger partial charge in [-0.15, -0.1) is 0 Å². The average molecular weight is 316 g/mol. The molecule has 124 valence electrons. The molecule has 0 bridgehead atoms. The molecular weight excluding hydrogens is 292 g/mol. The van der Waals surface area contributed by atoms with E-state index >= 15 is 0 Å². The molecule has 0 amide bonds. The predicted octanol–water partition coefficient (Wildman–Crippen LogP) is 1.87. The molecule has 0 saturated carbocycles. The molecule has 0 aliphatic rings. The van der Waals surface area contributed by atoms with Crippen molar-refractivity contribution < 1.29 is 9.47 Å². The Labute approximate surface area is 137 Å². The van der Waals surface area contributed by atoms with E-state index in [9.17, 15) is 0 Å². The minimum atomic E-state index is 0.601. The summed E-state index contributed by atoms with van der Waals surface area (Å²) in [6, 6.07) is 9.86. The summed E-state index contributed by atoms with van der Waals surface area (Å²) >= 11 is 0. The molecule has 1 aromatic heterocycles. The molecule has 0 aliphatic heterocycles. The number of aromatic nitrogens is 1. The van der Waals surface area contributed by atoms with E-state index in [0.717, 1.165) is 36.1 Å². The molecule has 0 fully saturated rings. The smallest absolute Gasteiger partial charge is 0.191 e. The van der Waals surface area contributed by atoms with Crippen LogP contribution in [-0.2, 0) is 13.1 Å². The molecular formula is C17H24N4O2. The van der Waals surface area contributed by atoms with E-state index in [2.05, 4.69) is 20.2 Å². The molecule has 6 nitrogen and oxygen atoms in total. The molecule has 6 heteroatoms. The van der Waals surface area contributed by atoms with Crippen molar-refractivity contribution in [3.8, 4) is 11.5 Å². The van der Waals surface area contributed by atoms with Gasteiger partial charge in [0.1, 0.15) is 0 Å². The molecule has 0 saturated heterocycles. The van der Waals surface area contributed by atoms with Crippen molar-refractivity contribution in [1.82, 2.24) is 15.2 Å². The lowest BCUT2D eigenvalue weighted by molar-refractivity contribution is 0.351. The van der Waals surface area contributed by atoms with E-state index in [4.69, 9.17) is 9.47 Å². The number of rotatable bonds is 7. The first-order chi connectivity index (χ1) is 11.3. The minimum Gasteiger partial charge on any atom is -0.493 e. The van der Waals surface area contributed by atoms with Gasteiger partial charge in [0.05, 0.1) is 14.2 Å². The van der Waals surface area contributed by atoms with Gasteiger partial charge in [-0.3, -0.25) is 4.99 Å². The maximum absolute atomic E-state index is 5.43. The fourth-order valence-electron chi connectivity index (χ4n) is 2.32. The highest BCUT2D eigenvalue weighted by Gasteiger charge is 2.09. The number of nitrogens with zero attached hydrogens (tertiary/aromatic N) is 2. The first-order valence-corrected chi connectivity index (χ1v) is 7.53. The number of nitrogens with one attached hydrogen (secondary N) is 2. The van der Waals surface area contributed by atoms with Crippen molar-refractivity contribution in [1.29, 1.82) is 0 Å². The second-order valence-corrected chi connectivity index (χ2v) is 4.93. The molecule has 1 aromatic carbocycles. The van der Waals surface area contributed by atoms with Crippen LogP contribution in [0.5, 0.6) is 11.5 Å². The van der Waals surface area contributed by atoms with Crippen LogP contribution in [0.1, 0.15) is 5.56 Å². The summed E-state index contributed by atoms with van der Waals surface area (Å²) in [7, 11) is 5.04. The maximum Gasteiger partial charge on any atom is 0.191 e. The minimum absolute atomic E-state index is 0.601. The second-order valence-electron chi connectivity index (χ2n) is 4.93. The Morgan fingerprint density at radius 3 is 2.52 bits per heavy atom. The number of guanidine groups is 1. The van der Waals surface area contributed by atoms with Crippen LogP contribution in [0.4, 0.5) is 0 Å². The van der Waals surface area contributed by atoms with Gasteiger partial charge in [0.2, 0.25) is 0 Å². The third kappa shape index (κ3) is 4.67. The number of ether oxygens (including phenoxy) is 2. The van der Waals surface area contributed by atoms with Crippen LogP contribution in [0.3, 0.4) is 0 Å². The van der Waals surface area contributed by atoms with E-state index < -0.39 is 0 Å². The van der Waals surface area contributed by atoms with Crippen molar-refractivity contribution in [2.45, 2.75) is 13.1 Å². The van der Waals surface area contributed by atoms with Crippen LogP contribution in [0.15, 0.2) is 47.7 Å². The van der Waals surface area contributed by atoms with Crippen LogP contribution < -0.4 is 20.1 Å². The Morgan fingerprint density at radius 1 is 1.09 bits per heavy atom. The highest BCUT2D eigenvalue weighted by Crippen LogP contribution is 2.30. The third-order valence-corrected chi connectivity index (χ3v) is 3.48. The molecule has 0 radical (unpaired) electrons. The molecule has 0 spiro atoms. The Bertz CT molecular complexity index is 624. The van der Waals surface area contributed by atoms with E-state index in [1.165, 1.54) is 0 Å². The zero-order valence-corrected chi connectivity index (χ0v) is 13.9. The van der Waals surface area contributed by atoms with Crippen LogP contribution in [0.25, 0.3) is 0 Å². The zero-order chi connectivity index (χ0) is 16.5. The summed E-state index contributed by atoms with van der Waals surface area (Å²) in [6.45, 7) is 2.28. The molecule has 0 unspecified atom stereocenters. The highest BCUT2D eigenvalue weighted by atomic mass is 16.5. The van der Waals surface area contributed by atoms with Gasteiger partial charge in [0, 0.05) is 44.6 Å². The molecule has 2 N–H and O–H groups in total. The largest absolute Gasteiger partial charge is 0.493 e.